The Morgan fingerprint density at radius 2 is 2.09 bits per heavy atom. The van der Waals surface area contributed by atoms with Gasteiger partial charge in [0, 0.05) is 37.1 Å². The highest BCUT2D eigenvalue weighted by molar-refractivity contribution is 6.29. The second-order valence-corrected chi connectivity index (χ2v) is 5.53. The van der Waals surface area contributed by atoms with Crippen molar-refractivity contribution < 1.29 is 18.3 Å². The molecule has 0 aliphatic carbocycles. The molecule has 0 saturated heterocycles. The van der Waals surface area contributed by atoms with Crippen molar-refractivity contribution in [2.45, 2.75) is 25.6 Å². The van der Waals surface area contributed by atoms with E-state index < -0.39 is 11.9 Å². The van der Waals surface area contributed by atoms with Crippen LogP contribution in [0.3, 0.4) is 0 Å². The molecule has 2 rings (SSSR count). The number of nitrogens with one attached hydrogen (secondary N) is 1. The van der Waals surface area contributed by atoms with Crippen molar-refractivity contribution in [2.24, 2.45) is 7.05 Å². The van der Waals surface area contributed by atoms with E-state index in [1.165, 1.54) is 19.3 Å². The Bertz CT molecular complexity index is 687. The molecule has 0 aliphatic heterocycles. The fraction of sp³-hybridized carbons (Fsp3) is 0.429. The van der Waals surface area contributed by atoms with Gasteiger partial charge in [0.05, 0.1) is 5.69 Å². The molecular formula is C14H16ClF3N4O. The van der Waals surface area contributed by atoms with Gasteiger partial charge in [-0.15, -0.1) is 0 Å². The largest absolute Gasteiger partial charge is 0.433 e. The summed E-state index contributed by atoms with van der Waals surface area (Å²) in [4.78, 5) is 3.92. The molecular weight excluding hydrogens is 333 g/mol. The molecule has 0 bridgehead atoms. The topological polar surface area (TPSA) is 63.0 Å². The van der Waals surface area contributed by atoms with Crippen LogP contribution < -0.4 is 5.32 Å². The summed E-state index contributed by atoms with van der Waals surface area (Å²) in [7, 11) is 1.23. The van der Waals surface area contributed by atoms with Gasteiger partial charge in [0.1, 0.15) is 10.8 Å². The highest BCUT2D eigenvalue weighted by Gasteiger charge is 2.35. The van der Waals surface area contributed by atoms with E-state index in [0.29, 0.717) is 17.7 Å². The molecule has 9 heteroatoms. The van der Waals surface area contributed by atoms with Crippen LogP contribution in [0.15, 0.2) is 18.3 Å². The lowest BCUT2D eigenvalue weighted by Gasteiger charge is -2.16. The quantitative estimate of drug-likeness (QED) is 0.813. The lowest BCUT2D eigenvalue weighted by atomic mass is 10.1. The molecule has 0 aromatic carbocycles. The molecule has 0 unspecified atom stereocenters. The number of aliphatic hydroxyl groups is 1. The minimum Gasteiger partial charge on any atom is -0.396 e. The van der Waals surface area contributed by atoms with Crippen LogP contribution in [0.25, 0.3) is 11.3 Å². The maximum absolute atomic E-state index is 12.9. The first-order valence-corrected chi connectivity index (χ1v) is 7.24. The summed E-state index contributed by atoms with van der Waals surface area (Å²) in [6.45, 7) is 1.83. The molecule has 23 heavy (non-hydrogen) atoms. The fourth-order valence-corrected chi connectivity index (χ4v) is 2.31. The van der Waals surface area contributed by atoms with E-state index in [-0.39, 0.29) is 23.5 Å². The van der Waals surface area contributed by atoms with Crippen LogP contribution in [0.4, 0.5) is 18.9 Å². The highest BCUT2D eigenvalue weighted by Crippen LogP contribution is 2.34. The summed E-state index contributed by atoms with van der Waals surface area (Å²) < 4.78 is 39.5. The fourth-order valence-electron chi connectivity index (χ4n) is 2.15. The van der Waals surface area contributed by atoms with Crippen molar-refractivity contribution in [2.75, 3.05) is 11.9 Å². The third kappa shape index (κ3) is 4.14. The van der Waals surface area contributed by atoms with E-state index >= 15 is 0 Å². The molecule has 2 heterocycles. The summed E-state index contributed by atoms with van der Waals surface area (Å²) >= 11 is 5.87. The standard InChI is InChI=1S/C14H16ClF3N4O/c1-8(3-4-23)20-10-6-13(15)19-7-9(10)11-5-12(14(16,17)18)22(2)21-11/h5-8,23H,3-4H2,1-2H3,(H,19,20)/t8-/m0/s1. The van der Waals surface area contributed by atoms with Crippen molar-refractivity contribution >= 4 is 17.3 Å². The molecule has 0 saturated carbocycles. The Labute approximate surface area is 136 Å². The summed E-state index contributed by atoms with van der Waals surface area (Å²) in [6.07, 6.45) is -2.63. The van der Waals surface area contributed by atoms with Crippen molar-refractivity contribution in [3.8, 4) is 11.3 Å². The lowest BCUT2D eigenvalue weighted by molar-refractivity contribution is -0.143. The zero-order valence-corrected chi connectivity index (χ0v) is 13.3. The third-order valence-electron chi connectivity index (χ3n) is 3.28. The summed E-state index contributed by atoms with van der Waals surface area (Å²) in [5.74, 6) is 0. The van der Waals surface area contributed by atoms with E-state index in [4.69, 9.17) is 16.7 Å². The number of aromatic nitrogens is 3. The number of aryl methyl sites for hydroxylation is 1. The summed E-state index contributed by atoms with van der Waals surface area (Å²) in [5.41, 5.74) is 0.211. The van der Waals surface area contributed by atoms with Crippen LogP contribution in [-0.4, -0.2) is 32.5 Å². The number of nitrogens with zero attached hydrogens (tertiary/aromatic N) is 3. The predicted octanol–water partition coefficient (Wildman–Crippen LogP) is 3.34. The molecule has 0 aliphatic rings. The number of aliphatic hydroxyl groups excluding tert-OH is 1. The Hall–Kier alpha value is -1.80. The molecule has 2 aromatic rings. The smallest absolute Gasteiger partial charge is 0.396 e. The van der Waals surface area contributed by atoms with E-state index in [1.807, 2.05) is 6.92 Å². The van der Waals surface area contributed by atoms with Gasteiger partial charge in [-0.3, -0.25) is 4.68 Å². The van der Waals surface area contributed by atoms with Crippen LogP contribution in [0.1, 0.15) is 19.0 Å². The van der Waals surface area contributed by atoms with Gasteiger partial charge in [0.15, 0.2) is 0 Å². The average molecular weight is 349 g/mol. The van der Waals surface area contributed by atoms with Gasteiger partial charge in [0.2, 0.25) is 0 Å². The Morgan fingerprint density at radius 3 is 2.65 bits per heavy atom. The maximum atomic E-state index is 12.9. The number of anilines is 1. The molecule has 126 valence electrons. The van der Waals surface area contributed by atoms with E-state index in [0.717, 1.165) is 10.7 Å². The molecule has 0 spiro atoms. The molecule has 1 atom stereocenters. The van der Waals surface area contributed by atoms with Gasteiger partial charge in [-0.25, -0.2) is 4.98 Å². The zero-order valence-electron chi connectivity index (χ0n) is 12.5. The van der Waals surface area contributed by atoms with Crippen LogP contribution in [-0.2, 0) is 13.2 Å². The minimum absolute atomic E-state index is 0.00980. The maximum Gasteiger partial charge on any atom is 0.433 e. The molecule has 2 aromatic heterocycles. The third-order valence-corrected chi connectivity index (χ3v) is 3.49. The van der Waals surface area contributed by atoms with Gasteiger partial charge in [0.25, 0.3) is 0 Å². The first-order chi connectivity index (χ1) is 10.7. The normalized spacial score (nSPS) is 13.2. The number of halogens is 4. The summed E-state index contributed by atoms with van der Waals surface area (Å²) in [5, 5.41) is 16.2. The zero-order chi connectivity index (χ0) is 17.2. The highest BCUT2D eigenvalue weighted by atomic mass is 35.5. The van der Waals surface area contributed by atoms with Gasteiger partial charge < -0.3 is 10.4 Å². The predicted molar refractivity (Wildman–Crippen MR) is 81.2 cm³/mol. The first kappa shape index (κ1) is 17.6. The van der Waals surface area contributed by atoms with Gasteiger partial charge >= 0.3 is 6.18 Å². The number of pyridine rings is 1. The van der Waals surface area contributed by atoms with Crippen LogP contribution >= 0.6 is 11.6 Å². The van der Waals surface area contributed by atoms with Gasteiger partial charge in [-0.05, 0) is 25.5 Å². The lowest BCUT2D eigenvalue weighted by Crippen LogP contribution is -2.17. The molecule has 0 fully saturated rings. The molecule has 5 nitrogen and oxygen atoms in total. The van der Waals surface area contributed by atoms with Gasteiger partial charge in [-0.2, -0.15) is 18.3 Å². The van der Waals surface area contributed by atoms with Crippen molar-refractivity contribution in [1.82, 2.24) is 14.8 Å². The second kappa shape index (κ2) is 6.76. The first-order valence-electron chi connectivity index (χ1n) is 6.87. The minimum atomic E-state index is -4.49. The summed E-state index contributed by atoms with van der Waals surface area (Å²) in [6, 6.07) is 2.39. The average Bonchev–Trinajstić information content (AvgIpc) is 2.81. The Kier molecular flexibility index (Phi) is 5.16. The van der Waals surface area contributed by atoms with Crippen molar-refractivity contribution in [1.29, 1.82) is 0 Å². The number of hydrogen-bond acceptors (Lipinski definition) is 4. The monoisotopic (exact) mass is 348 g/mol. The van der Waals surface area contributed by atoms with Crippen molar-refractivity contribution in [3.63, 3.8) is 0 Å². The second-order valence-electron chi connectivity index (χ2n) is 5.15. The molecule has 0 amide bonds. The number of alkyl halides is 3. The van der Waals surface area contributed by atoms with E-state index in [2.05, 4.69) is 15.4 Å². The van der Waals surface area contributed by atoms with Gasteiger partial charge in [-0.1, -0.05) is 11.6 Å². The SMILES string of the molecule is C[C@@H](CCO)Nc1cc(Cl)ncc1-c1cc(C(F)(F)F)n(C)n1. The van der Waals surface area contributed by atoms with E-state index in [9.17, 15) is 13.2 Å². The molecule has 0 radical (unpaired) electrons. The Morgan fingerprint density at radius 1 is 1.39 bits per heavy atom. The van der Waals surface area contributed by atoms with Crippen LogP contribution in [0.2, 0.25) is 5.15 Å². The van der Waals surface area contributed by atoms with Crippen molar-refractivity contribution in [3.05, 3.63) is 29.2 Å². The van der Waals surface area contributed by atoms with Crippen LogP contribution in [0, 0.1) is 0 Å². The number of rotatable bonds is 5. The number of hydrogen-bond donors (Lipinski definition) is 2. The molecule has 2 N–H and O–H groups in total. The van der Waals surface area contributed by atoms with Crippen LogP contribution in [0.5, 0.6) is 0 Å². The van der Waals surface area contributed by atoms with E-state index in [1.54, 1.807) is 0 Å². The Balaban J connectivity index is 2.43.